The van der Waals surface area contributed by atoms with E-state index in [-0.39, 0.29) is 36.5 Å². The minimum Gasteiger partial charge on any atom is -0.509 e. The molecule has 0 aliphatic carbocycles. The molecule has 2 aliphatic heterocycles. The van der Waals surface area contributed by atoms with Gasteiger partial charge in [0.25, 0.3) is 5.91 Å². The number of carbonyl (C=O) groups excluding carboxylic acids is 3. The van der Waals surface area contributed by atoms with Crippen molar-refractivity contribution in [3.05, 3.63) is 83.2 Å². The van der Waals surface area contributed by atoms with Crippen LogP contribution in [0.4, 0.5) is 0 Å². The Bertz CT molecular complexity index is 1110. The first-order valence-corrected chi connectivity index (χ1v) is 12.1. The Morgan fingerprint density at radius 1 is 1.03 bits per heavy atom. The van der Waals surface area contributed by atoms with E-state index >= 15 is 0 Å². The SMILES string of the molecule is O=C(O)CCCC(=O)N[C@@H]1C(=O)N2C(C(=O)OC(c3ccccc3)c3ccccc3)=C(O)CS[C@H]12. The van der Waals surface area contributed by atoms with Crippen LogP contribution in [-0.4, -0.2) is 56.0 Å². The summed E-state index contributed by atoms with van der Waals surface area (Å²) in [6, 6.07) is 17.4. The number of rotatable bonds is 9. The molecule has 2 atom stereocenters. The Morgan fingerprint density at radius 3 is 2.20 bits per heavy atom. The number of aliphatic hydroxyl groups is 1. The summed E-state index contributed by atoms with van der Waals surface area (Å²) in [4.78, 5) is 50.0. The molecule has 1 fully saturated rings. The minimum atomic E-state index is -1.00. The third kappa shape index (κ3) is 5.32. The Balaban J connectivity index is 1.48. The van der Waals surface area contributed by atoms with Crippen molar-refractivity contribution in [2.24, 2.45) is 0 Å². The van der Waals surface area contributed by atoms with Crippen LogP contribution in [0.2, 0.25) is 0 Å². The highest BCUT2D eigenvalue weighted by Gasteiger charge is 2.55. The number of carboxylic acids is 1. The summed E-state index contributed by atoms with van der Waals surface area (Å²) >= 11 is 1.22. The number of aliphatic carboxylic acids is 1. The van der Waals surface area contributed by atoms with Gasteiger partial charge in [-0.1, -0.05) is 60.7 Å². The average Bonchev–Trinajstić information content (AvgIpc) is 2.86. The number of benzene rings is 2. The molecule has 2 amide bonds. The average molecular weight is 497 g/mol. The minimum absolute atomic E-state index is 0.0285. The Labute approximate surface area is 205 Å². The van der Waals surface area contributed by atoms with Crippen LogP contribution in [-0.2, 0) is 23.9 Å². The highest BCUT2D eigenvalue weighted by molar-refractivity contribution is 8.00. The number of carboxylic acid groups (broad SMARTS) is 1. The first-order chi connectivity index (χ1) is 16.9. The first kappa shape index (κ1) is 24.3. The molecule has 0 unspecified atom stereocenters. The molecule has 9 nitrogen and oxygen atoms in total. The highest BCUT2D eigenvalue weighted by atomic mass is 32.2. The van der Waals surface area contributed by atoms with Gasteiger partial charge in [-0.25, -0.2) is 4.79 Å². The lowest BCUT2D eigenvalue weighted by atomic mass is 10.0. The van der Waals surface area contributed by atoms with Gasteiger partial charge in [0.1, 0.15) is 17.2 Å². The zero-order chi connectivity index (χ0) is 24.9. The number of hydrogen-bond donors (Lipinski definition) is 3. The van der Waals surface area contributed by atoms with Gasteiger partial charge in [0, 0.05) is 12.8 Å². The smallest absolute Gasteiger partial charge is 0.359 e. The van der Waals surface area contributed by atoms with Crippen LogP contribution in [0, 0.1) is 0 Å². The second-order valence-electron chi connectivity index (χ2n) is 8.10. The van der Waals surface area contributed by atoms with Crippen molar-refractivity contribution >= 4 is 35.5 Å². The van der Waals surface area contributed by atoms with Gasteiger partial charge in [0.2, 0.25) is 5.91 Å². The number of thioether (sulfide) groups is 1. The van der Waals surface area contributed by atoms with Crippen LogP contribution in [0.25, 0.3) is 0 Å². The van der Waals surface area contributed by atoms with Crippen LogP contribution >= 0.6 is 11.8 Å². The van der Waals surface area contributed by atoms with Crippen LogP contribution < -0.4 is 5.32 Å². The van der Waals surface area contributed by atoms with Crippen molar-refractivity contribution in [3.63, 3.8) is 0 Å². The van der Waals surface area contributed by atoms with E-state index in [1.54, 1.807) is 0 Å². The van der Waals surface area contributed by atoms with E-state index in [0.717, 1.165) is 16.0 Å². The van der Waals surface area contributed by atoms with Gasteiger partial charge in [-0.2, -0.15) is 0 Å². The number of esters is 1. The number of nitrogens with zero attached hydrogens (tertiary/aromatic N) is 1. The normalized spacial score (nSPS) is 19.1. The molecule has 4 rings (SSSR count). The molecule has 2 aliphatic rings. The lowest BCUT2D eigenvalue weighted by Crippen LogP contribution is -2.70. The molecule has 0 saturated carbocycles. The Kier molecular flexibility index (Phi) is 7.40. The van der Waals surface area contributed by atoms with Gasteiger partial charge in [-0.15, -0.1) is 11.8 Å². The second-order valence-corrected chi connectivity index (χ2v) is 9.21. The lowest BCUT2D eigenvalue weighted by molar-refractivity contribution is -0.155. The van der Waals surface area contributed by atoms with Gasteiger partial charge in [0.05, 0.1) is 5.75 Å². The molecule has 0 radical (unpaired) electrons. The van der Waals surface area contributed by atoms with Crippen molar-refractivity contribution in [2.45, 2.75) is 36.8 Å². The van der Waals surface area contributed by atoms with Gasteiger partial charge in [-0.3, -0.25) is 19.3 Å². The Hall–Kier alpha value is -3.79. The van der Waals surface area contributed by atoms with E-state index in [1.807, 2.05) is 60.7 Å². The van der Waals surface area contributed by atoms with Crippen LogP contribution in [0.5, 0.6) is 0 Å². The summed E-state index contributed by atoms with van der Waals surface area (Å²) in [7, 11) is 0. The van der Waals surface area contributed by atoms with Gasteiger partial charge in [-0.05, 0) is 17.5 Å². The summed E-state index contributed by atoms with van der Waals surface area (Å²) in [5.41, 5.74) is 1.23. The second kappa shape index (κ2) is 10.6. The van der Waals surface area contributed by atoms with E-state index in [2.05, 4.69) is 5.32 Å². The summed E-state index contributed by atoms with van der Waals surface area (Å²) < 4.78 is 5.82. The van der Waals surface area contributed by atoms with Crippen molar-refractivity contribution in [1.29, 1.82) is 0 Å². The summed E-state index contributed by atoms with van der Waals surface area (Å²) in [5.74, 6) is -3.02. The van der Waals surface area contributed by atoms with E-state index in [0.29, 0.717) is 0 Å². The first-order valence-electron chi connectivity index (χ1n) is 11.1. The number of nitrogens with one attached hydrogen (secondary N) is 1. The molecule has 0 aromatic heterocycles. The number of amides is 2. The van der Waals surface area contributed by atoms with Gasteiger partial charge >= 0.3 is 11.9 Å². The summed E-state index contributed by atoms with van der Waals surface area (Å²) in [6.07, 6.45) is -0.770. The monoisotopic (exact) mass is 496 g/mol. The standard InChI is InChI=1S/C25H24N2O7S/c28-17-14-35-24-20(26-18(29)12-7-13-19(30)31)23(32)27(24)21(17)25(33)34-22(15-8-3-1-4-9-15)16-10-5-2-6-11-16/h1-6,8-11,20,22,24,28H,7,12-14H2,(H,26,29)(H,30,31)/t20-,24-/m1/s1. The van der Waals surface area contributed by atoms with Crippen molar-refractivity contribution in [3.8, 4) is 0 Å². The van der Waals surface area contributed by atoms with Crippen molar-refractivity contribution < 1.29 is 34.1 Å². The zero-order valence-corrected chi connectivity index (χ0v) is 19.4. The van der Waals surface area contributed by atoms with Crippen LogP contribution in [0.15, 0.2) is 72.1 Å². The van der Waals surface area contributed by atoms with Crippen LogP contribution in [0.3, 0.4) is 0 Å². The molecule has 0 spiro atoms. The van der Waals surface area contributed by atoms with Gasteiger partial charge < -0.3 is 20.3 Å². The maximum atomic E-state index is 13.2. The highest BCUT2D eigenvalue weighted by Crippen LogP contribution is 2.41. The fourth-order valence-electron chi connectivity index (χ4n) is 3.99. The third-order valence-electron chi connectivity index (χ3n) is 5.68. The number of β-lactam (4-membered cyclic amide) rings is 1. The van der Waals surface area contributed by atoms with E-state index < -0.39 is 41.3 Å². The van der Waals surface area contributed by atoms with Crippen molar-refractivity contribution in [1.82, 2.24) is 10.2 Å². The largest absolute Gasteiger partial charge is 0.509 e. The summed E-state index contributed by atoms with van der Waals surface area (Å²) in [5, 5.41) is 21.2. The third-order valence-corrected chi connectivity index (χ3v) is 6.95. The molecule has 2 aromatic carbocycles. The maximum absolute atomic E-state index is 13.2. The van der Waals surface area contributed by atoms with Crippen molar-refractivity contribution in [2.75, 3.05) is 5.75 Å². The topological polar surface area (TPSA) is 133 Å². The number of carbonyl (C=O) groups is 4. The number of ether oxygens (including phenoxy) is 1. The molecule has 182 valence electrons. The molecule has 1 saturated heterocycles. The number of hydrogen-bond acceptors (Lipinski definition) is 7. The summed E-state index contributed by atoms with van der Waals surface area (Å²) in [6.45, 7) is 0. The lowest BCUT2D eigenvalue weighted by Gasteiger charge is -2.48. The fraction of sp³-hybridized carbons (Fsp3) is 0.280. The quantitative estimate of drug-likeness (QED) is 0.357. The maximum Gasteiger partial charge on any atom is 0.359 e. The Morgan fingerprint density at radius 2 is 1.63 bits per heavy atom. The molecule has 2 aromatic rings. The van der Waals surface area contributed by atoms with Crippen LogP contribution in [0.1, 0.15) is 36.5 Å². The molecular formula is C25H24N2O7S. The van der Waals surface area contributed by atoms with E-state index in [1.165, 1.54) is 11.8 Å². The van der Waals surface area contributed by atoms with E-state index in [9.17, 15) is 24.3 Å². The molecular weight excluding hydrogens is 472 g/mol. The molecule has 10 heteroatoms. The fourth-order valence-corrected chi connectivity index (χ4v) is 5.19. The predicted octanol–water partition coefficient (Wildman–Crippen LogP) is 2.74. The molecule has 0 bridgehead atoms. The van der Waals surface area contributed by atoms with E-state index in [4.69, 9.17) is 9.84 Å². The number of fused-ring (bicyclic) bond motifs is 1. The molecule has 2 heterocycles. The predicted molar refractivity (Wildman–Crippen MR) is 127 cm³/mol. The molecule has 35 heavy (non-hydrogen) atoms. The molecule has 3 N–H and O–H groups in total. The van der Waals surface area contributed by atoms with Gasteiger partial charge in [0.15, 0.2) is 11.8 Å². The number of aliphatic hydroxyl groups excluding tert-OH is 1. The zero-order valence-electron chi connectivity index (χ0n) is 18.6.